The van der Waals surface area contributed by atoms with Crippen LogP contribution in [0.5, 0.6) is 0 Å². The van der Waals surface area contributed by atoms with E-state index in [2.05, 4.69) is 182 Å². The molecule has 0 radical (unpaired) electrons. The molecule has 0 aliphatic rings. The molecular formula is C48H30. The second-order valence-electron chi connectivity index (χ2n) is 12.8. The topological polar surface area (TPSA) is 0 Å². The highest BCUT2D eigenvalue weighted by Crippen LogP contribution is 2.47. The van der Waals surface area contributed by atoms with Gasteiger partial charge in [-0.05, 0) is 104 Å². The minimum absolute atomic E-state index is 1.23. The SMILES string of the molecule is c1ccc(-c2ccc(-c3cc(-c4cccc5ccccc45)c4ccc5ccc(-c6cccc7ccccc67)c6ccc3c4c56)cc2)cc1. The van der Waals surface area contributed by atoms with Crippen LogP contribution in [-0.2, 0) is 0 Å². The Morgan fingerprint density at radius 2 is 0.688 bits per heavy atom. The molecule has 0 heteroatoms. The first kappa shape index (κ1) is 26.9. The summed E-state index contributed by atoms with van der Waals surface area (Å²) < 4.78 is 0. The molecule has 0 amide bonds. The van der Waals surface area contributed by atoms with Gasteiger partial charge in [0.25, 0.3) is 0 Å². The summed E-state index contributed by atoms with van der Waals surface area (Å²) in [5.41, 5.74) is 10.0. The van der Waals surface area contributed by atoms with Gasteiger partial charge in [0.15, 0.2) is 0 Å². The van der Waals surface area contributed by atoms with Crippen LogP contribution in [0.2, 0.25) is 0 Å². The summed E-state index contributed by atoms with van der Waals surface area (Å²) in [5.74, 6) is 0. The lowest BCUT2D eigenvalue weighted by Gasteiger charge is -2.20. The van der Waals surface area contributed by atoms with Crippen molar-refractivity contribution in [3.8, 4) is 44.5 Å². The van der Waals surface area contributed by atoms with Crippen molar-refractivity contribution in [1.82, 2.24) is 0 Å². The molecule has 0 spiro atoms. The number of hydrogen-bond acceptors (Lipinski definition) is 0. The van der Waals surface area contributed by atoms with Crippen LogP contribution in [-0.4, -0.2) is 0 Å². The molecule has 10 aromatic rings. The lowest BCUT2D eigenvalue weighted by Crippen LogP contribution is -1.93. The van der Waals surface area contributed by atoms with Crippen LogP contribution in [0.4, 0.5) is 0 Å². The van der Waals surface area contributed by atoms with Crippen LogP contribution in [0.15, 0.2) is 182 Å². The summed E-state index contributed by atoms with van der Waals surface area (Å²) in [6.45, 7) is 0. The van der Waals surface area contributed by atoms with E-state index in [4.69, 9.17) is 0 Å². The first-order valence-corrected chi connectivity index (χ1v) is 16.7. The zero-order valence-corrected chi connectivity index (χ0v) is 26.3. The number of hydrogen-bond donors (Lipinski definition) is 0. The second kappa shape index (κ2) is 10.7. The predicted octanol–water partition coefficient (Wildman–Crippen LogP) is 13.6. The molecular weight excluding hydrogens is 577 g/mol. The first-order chi connectivity index (χ1) is 23.8. The molecule has 0 unspecified atom stereocenters. The van der Waals surface area contributed by atoms with Gasteiger partial charge in [0, 0.05) is 0 Å². The molecule has 10 rings (SSSR count). The van der Waals surface area contributed by atoms with E-state index in [9.17, 15) is 0 Å². The molecule has 0 heterocycles. The maximum atomic E-state index is 2.44. The van der Waals surface area contributed by atoms with Gasteiger partial charge in [-0.3, -0.25) is 0 Å². The molecule has 0 saturated heterocycles. The standard InChI is InChI=1S/C48H30/c1-2-10-31(11-3-1)32-20-22-35(23-21-32)45-30-46(40-19-9-15-34-13-5-7-17-38(34)40)44-27-25-36-24-26-41(42-28-29-43(45)48(44)47(36)42)39-18-8-14-33-12-4-6-16-37(33)39/h1-30H. The zero-order valence-electron chi connectivity index (χ0n) is 26.3. The van der Waals surface area contributed by atoms with Crippen LogP contribution in [0.1, 0.15) is 0 Å². The Morgan fingerprint density at radius 1 is 0.208 bits per heavy atom. The minimum atomic E-state index is 1.23. The van der Waals surface area contributed by atoms with Crippen molar-refractivity contribution < 1.29 is 0 Å². The maximum absolute atomic E-state index is 2.44. The largest absolute Gasteiger partial charge is 0.0622 e. The molecule has 0 fully saturated rings. The molecule has 0 atom stereocenters. The average molecular weight is 607 g/mol. The average Bonchev–Trinajstić information content (AvgIpc) is 3.17. The predicted molar refractivity (Wildman–Crippen MR) is 207 cm³/mol. The van der Waals surface area contributed by atoms with Gasteiger partial charge in [-0.15, -0.1) is 0 Å². The Kier molecular flexibility index (Phi) is 5.98. The highest BCUT2D eigenvalue weighted by molar-refractivity contribution is 6.31. The van der Waals surface area contributed by atoms with Crippen molar-refractivity contribution in [3.05, 3.63) is 182 Å². The molecule has 0 aliphatic heterocycles. The number of fused-ring (bicyclic) bond motifs is 2. The summed E-state index contributed by atoms with van der Waals surface area (Å²) in [5, 5.41) is 12.9. The van der Waals surface area contributed by atoms with Crippen molar-refractivity contribution >= 4 is 53.9 Å². The third kappa shape index (κ3) is 4.10. The van der Waals surface area contributed by atoms with Crippen molar-refractivity contribution in [2.75, 3.05) is 0 Å². The van der Waals surface area contributed by atoms with Crippen LogP contribution >= 0.6 is 0 Å². The molecule has 0 nitrogen and oxygen atoms in total. The van der Waals surface area contributed by atoms with E-state index in [1.165, 1.54) is 98.4 Å². The van der Waals surface area contributed by atoms with Gasteiger partial charge in [-0.1, -0.05) is 176 Å². The van der Waals surface area contributed by atoms with Gasteiger partial charge >= 0.3 is 0 Å². The van der Waals surface area contributed by atoms with Gasteiger partial charge in [-0.2, -0.15) is 0 Å². The summed E-state index contributed by atoms with van der Waals surface area (Å²) in [6.07, 6.45) is 0. The molecule has 0 N–H and O–H groups in total. The fourth-order valence-corrected chi connectivity index (χ4v) is 7.99. The van der Waals surface area contributed by atoms with E-state index in [-0.39, 0.29) is 0 Å². The van der Waals surface area contributed by atoms with E-state index in [0.717, 1.165) is 0 Å². The normalized spacial score (nSPS) is 11.8. The molecule has 10 aromatic carbocycles. The Labute approximate surface area is 279 Å². The van der Waals surface area contributed by atoms with E-state index in [1.807, 2.05) is 0 Å². The van der Waals surface area contributed by atoms with E-state index in [0.29, 0.717) is 0 Å². The number of rotatable bonds is 4. The highest BCUT2D eigenvalue weighted by Gasteiger charge is 2.20. The second-order valence-corrected chi connectivity index (χ2v) is 12.8. The van der Waals surface area contributed by atoms with Crippen LogP contribution < -0.4 is 0 Å². The van der Waals surface area contributed by atoms with Gasteiger partial charge < -0.3 is 0 Å². The van der Waals surface area contributed by atoms with E-state index < -0.39 is 0 Å². The third-order valence-electron chi connectivity index (χ3n) is 10.2. The Balaban J connectivity index is 1.31. The van der Waals surface area contributed by atoms with Gasteiger partial charge in [-0.25, -0.2) is 0 Å². The lowest BCUT2D eigenvalue weighted by molar-refractivity contribution is 1.60. The summed E-state index contributed by atoms with van der Waals surface area (Å²) in [4.78, 5) is 0. The summed E-state index contributed by atoms with van der Waals surface area (Å²) >= 11 is 0. The third-order valence-corrected chi connectivity index (χ3v) is 10.2. The monoisotopic (exact) mass is 606 g/mol. The van der Waals surface area contributed by atoms with Crippen molar-refractivity contribution in [2.45, 2.75) is 0 Å². The van der Waals surface area contributed by atoms with Gasteiger partial charge in [0.05, 0.1) is 0 Å². The maximum Gasteiger partial charge on any atom is -0.00141 e. The van der Waals surface area contributed by atoms with Crippen LogP contribution in [0, 0.1) is 0 Å². The van der Waals surface area contributed by atoms with Crippen molar-refractivity contribution in [1.29, 1.82) is 0 Å². The van der Waals surface area contributed by atoms with Crippen LogP contribution in [0.3, 0.4) is 0 Å². The summed E-state index contributed by atoms with van der Waals surface area (Å²) in [6, 6.07) is 67.1. The van der Waals surface area contributed by atoms with Crippen LogP contribution in [0.25, 0.3) is 98.4 Å². The van der Waals surface area contributed by atoms with E-state index in [1.54, 1.807) is 0 Å². The molecule has 0 aliphatic carbocycles. The van der Waals surface area contributed by atoms with Gasteiger partial charge in [0.2, 0.25) is 0 Å². The molecule has 222 valence electrons. The molecule has 48 heavy (non-hydrogen) atoms. The molecule has 0 saturated carbocycles. The Bertz CT molecular complexity index is 2790. The minimum Gasteiger partial charge on any atom is -0.0622 e. The number of benzene rings is 10. The van der Waals surface area contributed by atoms with Crippen molar-refractivity contribution in [3.63, 3.8) is 0 Å². The van der Waals surface area contributed by atoms with Gasteiger partial charge in [0.1, 0.15) is 0 Å². The fourth-order valence-electron chi connectivity index (χ4n) is 7.99. The summed E-state index contributed by atoms with van der Waals surface area (Å²) in [7, 11) is 0. The quantitative estimate of drug-likeness (QED) is 0.175. The first-order valence-electron chi connectivity index (χ1n) is 16.7. The van der Waals surface area contributed by atoms with Crippen molar-refractivity contribution in [2.24, 2.45) is 0 Å². The zero-order chi connectivity index (χ0) is 31.6. The highest BCUT2D eigenvalue weighted by atomic mass is 14.2. The molecule has 0 aromatic heterocycles. The smallest absolute Gasteiger partial charge is 0.00141 e. The lowest BCUT2D eigenvalue weighted by atomic mass is 9.83. The van der Waals surface area contributed by atoms with E-state index >= 15 is 0 Å². The fraction of sp³-hybridized carbons (Fsp3) is 0. The Hall–Kier alpha value is -6.24. The molecule has 0 bridgehead atoms. The Morgan fingerprint density at radius 3 is 1.40 bits per heavy atom.